The van der Waals surface area contributed by atoms with E-state index in [1.807, 2.05) is 12.1 Å². The zero-order valence-corrected chi connectivity index (χ0v) is 13.5. The molecule has 1 aromatic carbocycles. The van der Waals surface area contributed by atoms with E-state index < -0.39 is 0 Å². The Hall–Kier alpha value is -2.14. The van der Waals surface area contributed by atoms with Crippen LogP contribution in [0.1, 0.15) is 35.8 Å². The maximum absolute atomic E-state index is 12.1. The highest BCUT2D eigenvalue weighted by Gasteiger charge is 2.16. The number of aromatic nitrogens is 2. The van der Waals surface area contributed by atoms with Gasteiger partial charge in [0.1, 0.15) is 5.69 Å². The standard InChI is InChI=1S/C18H23N3O2/c1-2-13-3-5-15(6-4-13)16-11-17(21-20-16)18(22)19-9-7-14-8-10-23-12-14/h3-6,11,14H,2,7-10,12H2,1H3,(H,19,22)(H,20,21). The van der Waals surface area contributed by atoms with Crippen molar-refractivity contribution in [2.75, 3.05) is 19.8 Å². The predicted octanol–water partition coefficient (Wildman–Crippen LogP) is 2.80. The van der Waals surface area contributed by atoms with Crippen molar-refractivity contribution in [3.8, 4) is 11.3 Å². The summed E-state index contributed by atoms with van der Waals surface area (Å²) in [6.45, 7) is 4.47. The van der Waals surface area contributed by atoms with Crippen LogP contribution in [0.2, 0.25) is 0 Å². The normalized spacial score (nSPS) is 17.3. The van der Waals surface area contributed by atoms with E-state index in [0.29, 0.717) is 18.2 Å². The monoisotopic (exact) mass is 313 g/mol. The number of nitrogens with zero attached hydrogens (tertiary/aromatic N) is 1. The number of H-pyrrole nitrogens is 1. The summed E-state index contributed by atoms with van der Waals surface area (Å²) in [4.78, 5) is 12.1. The van der Waals surface area contributed by atoms with Gasteiger partial charge in [-0.15, -0.1) is 0 Å². The molecule has 0 spiro atoms. The molecule has 0 bridgehead atoms. The van der Waals surface area contributed by atoms with E-state index in [0.717, 1.165) is 43.7 Å². The van der Waals surface area contributed by atoms with E-state index >= 15 is 0 Å². The van der Waals surface area contributed by atoms with Gasteiger partial charge in [0.25, 0.3) is 5.91 Å². The number of aryl methyl sites for hydroxylation is 1. The van der Waals surface area contributed by atoms with Crippen LogP contribution in [0.4, 0.5) is 0 Å². The van der Waals surface area contributed by atoms with Gasteiger partial charge in [0, 0.05) is 25.3 Å². The van der Waals surface area contributed by atoms with Crippen LogP contribution in [-0.4, -0.2) is 35.9 Å². The Morgan fingerprint density at radius 2 is 2.22 bits per heavy atom. The summed E-state index contributed by atoms with van der Waals surface area (Å²) in [6.07, 6.45) is 3.07. The number of hydrogen-bond acceptors (Lipinski definition) is 3. The van der Waals surface area contributed by atoms with Crippen LogP contribution in [0.3, 0.4) is 0 Å². The Morgan fingerprint density at radius 1 is 1.39 bits per heavy atom. The number of nitrogens with one attached hydrogen (secondary N) is 2. The van der Waals surface area contributed by atoms with E-state index in [9.17, 15) is 4.79 Å². The van der Waals surface area contributed by atoms with E-state index in [1.54, 1.807) is 6.07 Å². The highest BCUT2D eigenvalue weighted by atomic mass is 16.5. The van der Waals surface area contributed by atoms with Crippen LogP contribution < -0.4 is 5.32 Å². The number of benzene rings is 1. The third-order valence-electron chi connectivity index (χ3n) is 4.34. The van der Waals surface area contributed by atoms with E-state index in [4.69, 9.17) is 4.74 Å². The molecule has 2 aromatic rings. The average molecular weight is 313 g/mol. The molecule has 122 valence electrons. The van der Waals surface area contributed by atoms with Crippen molar-refractivity contribution in [3.05, 3.63) is 41.6 Å². The molecule has 5 heteroatoms. The zero-order chi connectivity index (χ0) is 16.1. The minimum Gasteiger partial charge on any atom is -0.381 e. The van der Waals surface area contributed by atoms with Crippen molar-refractivity contribution in [1.82, 2.24) is 15.5 Å². The van der Waals surface area contributed by atoms with Crippen molar-refractivity contribution in [2.45, 2.75) is 26.2 Å². The highest BCUT2D eigenvalue weighted by Crippen LogP contribution is 2.19. The van der Waals surface area contributed by atoms with Crippen LogP contribution in [0, 0.1) is 5.92 Å². The molecule has 2 heterocycles. The molecule has 1 aromatic heterocycles. The smallest absolute Gasteiger partial charge is 0.269 e. The van der Waals surface area contributed by atoms with Gasteiger partial charge in [0.15, 0.2) is 0 Å². The largest absolute Gasteiger partial charge is 0.381 e. The molecule has 1 aliphatic heterocycles. The zero-order valence-electron chi connectivity index (χ0n) is 13.5. The van der Waals surface area contributed by atoms with Gasteiger partial charge in [-0.05, 0) is 36.8 Å². The first-order chi connectivity index (χ1) is 11.3. The Bertz CT molecular complexity index is 643. The molecule has 1 unspecified atom stereocenters. The number of amides is 1. The minimum absolute atomic E-state index is 0.104. The molecule has 0 saturated carbocycles. The molecule has 1 amide bonds. The van der Waals surface area contributed by atoms with E-state index in [2.05, 4.69) is 34.6 Å². The first-order valence-corrected chi connectivity index (χ1v) is 8.27. The van der Waals surface area contributed by atoms with Crippen LogP contribution >= 0.6 is 0 Å². The summed E-state index contributed by atoms with van der Waals surface area (Å²) in [7, 11) is 0. The number of carbonyl (C=O) groups excluding carboxylic acids is 1. The van der Waals surface area contributed by atoms with Crippen molar-refractivity contribution in [1.29, 1.82) is 0 Å². The molecule has 5 nitrogen and oxygen atoms in total. The maximum atomic E-state index is 12.1. The van der Waals surface area contributed by atoms with E-state index in [1.165, 1.54) is 5.56 Å². The Kier molecular flexibility index (Phi) is 5.08. The fourth-order valence-electron chi connectivity index (χ4n) is 2.79. The first-order valence-electron chi connectivity index (χ1n) is 8.27. The molecule has 1 saturated heterocycles. The summed E-state index contributed by atoms with van der Waals surface area (Å²) in [5, 5.41) is 10.0. The molecule has 1 fully saturated rings. The van der Waals surface area contributed by atoms with Gasteiger partial charge in [-0.1, -0.05) is 31.2 Å². The SMILES string of the molecule is CCc1ccc(-c2cc(C(=O)NCCC3CCOC3)[nH]n2)cc1. The van der Waals surface area contributed by atoms with Gasteiger partial charge < -0.3 is 10.1 Å². The van der Waals surface area contributed by atoms with Crippen LogP contribution in [0.15, 0.2) is 30.3 Å². The molecule has 1 atom stereocenters. The number of aromatic amines is 1. The molecule has 23 heavy (non-hydrogen) atoms. The third-order valence-corrected chi connectivity index (χ3v) is 4.34. The second-order valence-corrected chi connectivity index (χ2v) is 5.99. The number of ether oxygens (including phenoxy) is 1. The lowest BCUT2D eigenvalue weighted by atomic mass is 10.1. The fourth-order valence-corrected chi connectivity index (χ4v) is 2.79. The van der Waals surface area contributed by atoms with Gasteiger partial charge in [-0.2, -0.15) is 5.10 Å². The lowest BCUT2D eigenvalue weighted by Gasteiger charge is -2.07. The Balaban J connectivity index is 1.55. The molecule has 3 rings (SSSR count). The molecule has 1 aliphatic rings. The highest BCUT2D eigenvalue weighted by molar-refractivity contribution is 5.93. The Labute approximate surface area is 136 Å². The minimum atomic E-state index is -0.104. The first kappa shape index (κ1) is 15.7. The second kappa shape index (κ2) is 7.42. The van der Waals surface area contributed by atoms with Gasteiger partial charge in [0.05, 0.1) is 5.69 Å². The maximum Gasteiger partial charge on any atom is 0.269 e. The topological polar surface area (TPSA) is 67.0 Å². The number of rotatable bonds is 6. The van der Waals surface area contributed by atoms with Crippen LogP contribution in [-0.2, 0) is 11.2 Å². The number of hydrogen-bond donors (Lipinski definition) is 2. The van der Waals surface area contributed by atoms with Gasteiger partial charge >= 0.3 is 0 Å². The molecule has 0 aliphatic carbocycles. The van der Waals surface area contributed by atoms with Crippen molar-refractivity contribution < 1.29 is 9.53 Å². The lowest BCUT2D eigenvalue weighted by Crippen LogP contribution is -2.26. The molecule has 0 radical (unpaired) electrons. The summed E-state index contributed by atoms with van der Waals surface area (Å²) < 4.78 is 5.34. The second-order valence-electron chi connectivity index (χ2n) is 5.99. The quantitative estimate of drug-likeness (QED) is 0.862. The average Bonchev–Trinajstić information content (AvgIpc) is 3.26. The van der Waals surface area contributed by atoms with Gasteiger partial charge in [0.2, 0.25) is 0 Å². The molecule has 2 N–H and O–H groups in total. The van der Waals surface area contributed by atoms with Crippen LogP contribution in [0.5, 0.6) is 0 Å². The summed E-state index contributed by atoms with van der Waals surface area (Å²) in [5.74, 6) is 0.470. The van der Waals surface area contributed by atoms with Gasteiger partial charge in [-0.25, -0.2) is 0 Å². The molecular weight excluding hydrogens is 290 g/mol. The Morgan fingerprint density at radius 3 is 2.91 bits per heavy atom. The van der Waals surface area contributed by atoms with Gasteiger partial charge in [-0.3, -0.25) is 9.89 Å². The molecular formula is C18H23N3O2. The third kappa shape index (κ3) is 3.99. The number of carbonyl (C=O) groups is 1. The summed E-state index contributed by atoms with van der Waals surface area (Å²) in [6, 6.07) is 10.1. The summed E-state index contributed by atoms with van der Waals surface area (Å²) in [5.41, 5.74) is 3.60. The van der Waals surface area contributed by atoms with Crippen molar-refractivity contribution >= 4 is 5.91 Å². The van der Waals surface area contributed by atoms with Crippen molar-refractivity contribution in [2.24, 2.45) is 5.92 Å². The predicted molar refractivity (Wildman–Crippen MR) is 89.3 cm³/mol. The van der Waals surface area contributed by atoms with Crippen molar-refractivity contribution in [3.63, 3.8) is 0 Å². The van der Waals surface area contributed by atoms with Crippen LogP contribution in [0.25, 0.3) is 11.3 Å². The van der Waals surface area contributed by atoms with E-state index in [-0.39, 0.29) is 5.91 Å². The summed E-state index contributed by atoms with van der Waals surface area (Å²) >= 11 is 0. The fraction of sp³-hybridized carbons (Fsp3) is 0.444. The lowest BCUT2D eigenvalue weighted by molar-refractivity contribution is 0.0945.